The van der Waals surface area contributed by atoms with Gasteiger partial charge in [0.1, 0.15) is 5.75 Å². The van der Waals surface area contributed by atoms with Crippen molar-refractivity contribution in [2.75, 3.05) is 26.9 Å². The Kier molecular flexibility index (Phi) is 11.3. The van der Waals surface area contributed by atoms with Crippen LogP contribution in [0, 0.1) is 0 Å². The Hall–Kier alpha value is -3.54. The summed E-state index contributed by atoms with van der Waals surface area (Å²) in [6.07, 6.45) is 1.61. The van der Waals surface area contributed by atoms with Crippen LogP contribution in [0.5, 0.6) is 5.75 Å². The summed E-state index contributed by atoms with van der Waals surface area (Å²) in [7, 11) is 1.75. The average molecular weight is 505 g/mol. The number of rotatable bonds is 13. The number of nitrogens with zero attached hydrogens (tertiary/aromatic N) is 2. The Morgan fingerprint density at radius 2 is 1.81 bits per heavy atom. The third-order valence-corrected chi connectivity index (χ3v) is 5.38. The van der Waals surface area contributed by atoms with Crippen LogP contribution in [0.25, 0.3) is 0 Å². The average Bonchev–Trinajstić information content (AvgIpc) is 3.27. The molecule has 2 heterocycles. The molecule has 0 bridgehead atoms. The summed E-state index contributed by atoms with van der Waals surface area (Å²) in [6.45, 7) is 4.38. The molecule has 1 aromatic heterocycles. The molecule has 4 N–H and O–H groups in total. The smallest absolute Gasteiger partial charge is 0.336 e. The Morgan fingerprint density at radius 1 is 1.08 bits per heavy atom. The number of hydrogen-bond acceptors (Lipinski definition) is 8. The Balaban J connectivity index is 0.000000302. The summed E-state index contributed by atoms with van der Waals surface area (Å²) in [6, 6.07) is 12.6. The van der Waals surface area contributed by atoms with Crippen LogP contribution in [0.4, 0.5) is 0 Å². The monoisotopic (exact) mass is 504 g/mol. The number of aliphatic carboxylic acids is 3. The molecular weight excluding hydrogens is 472 g/mol. The number of carbonyl (C=O) groups is 3. The number of carboxylic acid groups (broad SMARTS) is 3. The van der Waals surface area contributed by atoms with E-state index in [4.69, 9.17) is 29.9 Å². The lowest BCUT2D eigenvalue weighted by Crippen LogP contribution is -2.42. The summed E-state index contributed by atoms with van der Waals surface area (Å²) in [5.74, 6) is -3.97. The van der Waals surface area contributed by atoms with Gasteiger partial charge in [0.05, 0.1) is 25.1 Å². The number of aromatic nitrogens is 1. The predicted molar refractivity (Wildman–Crippen MR) is 128 cm³/mol. The van der Waals surface area contributed by atoms with Gasteiger partial charge in [-0.25, -0.2) is 4.79 Å². The summed E-state index contributed by atoms with van der Waals surface area (Å²) in [5, 5.41) is 33.8. The van der Waals surface area contributed by atoms with Gasteiger partial charge in [-0.05, 0) is 35.7 Å². The lowest BCUT2D eigenvalue weighted by atomic mass is 9.96. The van der Waals surface area contributed by atoms with Crippen molar-refractivity contribution in [1.29, 1.82) is 0 Å². The number of carboxylic acids is 3. The molecule has 3 rings (SSSR count). The Morgan fingerprint density at radius 3 is 2.39 bits per heavy atom. The number of pyridine rings is 1. The summed E-state index contributed by atoms with van der Waals surface area (Å²) in [5.41, 5.74) is 1.03. The van der Waals surface area contributed by atoms with Crippen molar-refractivity contribution in [2.45, 2.75) is 44.4 Å². The van der Waals surface area contributed by atoms with Crippen LogP contribution in [0.2, 0.25) is 0 Å². The third-order valence-electron chi connectivity index (χ3n) is 5.38. The van der Waals surface area contributed by atoms with E-state index >= 15 is 0 Å². The van der Waals surface area contributed by atoms with Crippen LogP contribution < -0.4 is 4.74 Å². The molecule has 0 saturated carbocycles. The molecular formula is C25H32N2O9. The van der Waals surface area contributed by atoms with Gasteiger partial charge in [-0.3, -0.25) is 19.5 Å². The zero-order chi connectivity index (χ0) is 26.6. The topological polar surface area (TPSA) is 167 Å². The van der Waals surface area contributed by atoms with Crippen LogP contribution in [-0.2, 0) is 38.6 Å². The highest BCUT2D eigenvalue weighted by atomic mass is 16.5. The second kappa shape index (κ2) is 14.1. The van der Waals surface area contributed by atoms with Gasteiger partial charge < -0.3 is 29.9 Å². The van der Waals surface area contributed by atoms with Crippen LogP contribution in [0.15, 0.2) is 42.6 Å². The maximum absolute atomic E-state index is 10.3. The Bertz CT molecular complexity index is 998. The molecule has 0 unspecified atom stereocenters. The fraction of sp³-hybridized carbons (Fsp3) is 0.440. The predicted octanol–water partition coefficient (Wildman–Crippen LogP) is 1.81. The number of benzene rings is 1. The molecule has 0 fully saturated rings. The van der Waals surface area contributed by atoms with E-state index in [-0.39, 0.29) is 0 Å². The minimum Gasteiger partial charge on any atom is -0.493 e. The first-order chi connectivity index (χ1) is 17.1. The summed E-state index contributed by atoms with van der Waals surface area (Å²) < 4.78 is 10.8. The van der Waals surface area contributed by atoms with Crippen LogP contribution in [0.3, 0.4) is 0 Å². The van der Waals surface area contributed by atoms with E-state index in [0.29, 0.717) is 0 Å². The minimum atomic E-state index is -2.74. The molecule has 2 aromatic rings. The molecule has 0 saturated heterocycles. The molecule has 1 aliphatic rings. The second-order valence-corrected chi connectivity index (χ2v) is 8.40. The van der Waals surface area contributed by atoms with E-state index in [1.165, 1.54) is 11.1 Å². The summed E-state index contributed by atoms with van der Waals surface area (Å²) in [4.78, 5) is 37.4. The van der Waals surface area contributed by atoms with Crippen molar-refractivity contribution in [2.24, 2.45) is 0 Å². The molecule has 1 aromatic carbocycles. The van der Waals surface area contributed by atoms with E-state index < -0.39 is 36.4 Å². The quantitative estimate of drug-likeness (QED) is 0.294. The van der Waals surface area contributed by atoms with Gasteiger partial charge in [0.25, 0.3) is 0 Å². The number of methoxy groups -OCH3 is 1. The van der Waals surface area contributed by atoms with E-state index in [9.17, 15) is 14.4 Å². The number of aliphatic hydroxyl groups is 1. The van der Waals surface area contributed by atoms with Crippen LogP contribution in [0.1, 0.15) is 36.1 Å². The molecule has 0 spiro atoms. The normalized spacial score (nSPS) is 12.3. The maximum Gasteiger partial charge on any atom is 0.336 e. The van der Waals surface area contributed by atoms with Gasteiger partial charge in [-0.15, -0.1) is 0 Å². The van der Waals surface area contributed by atoms with Crippen molar-refractivity contribution in [1.82, 2.24) is 9.88 Å². The molecule has 11 heteroatoms. The SMILES string of the molecule is COCCCN(Cc1ccc2c(c1)CCO2)Cc1ccccn1.O=C(O)CC(O)(CC(=O)O)C(=O)O. The number of ether oxygens (including phenoxy) is 2. The standard InChI is InChI=1S/C19H24N2O2.C6H8O7/c1-22-11-4-10-21(15-18-5-2-3-9-20-18)14-16-6-7-19-17(13-16)8-12-23-19;7-3(8)1-6(13,5(11)12)2-4(9)10/h2-3,5-7,9,13H,4,8,10-12,14-15H2,1H3;13H,1-2H2,(H,7,8)(H,9,10)(H,11,12). The highest BCUT2D eigenvalue weighted by Crippen LogP contribution is 2.26. The van der Waals surface area contributed by atoms with Gasteiger partial charge in [0.15, 0.2) is 5.60 Å². The summed E-state index contributed by atoms with van der Waals surface area (Å²) >= 11 is 0. The third kappa shape index (κ3) is 9.61. The molecule has 11 nitrogen and oxygen atoms in total. The van der Waals surface area contributed by atoms with Crippen molar-refractivity contribution in [3.8, 4) is 5.75 Å². The van der Waals surface area contributed by atoms with E-state index in [1.54, 1.807) is 7.11 Å². The van der Waals surface area contributed by atoms with Gasteiger partial charge >= 0.3 is 17.9 Å². The van der Waals surface area contributed by atoms with Gasteiger partial charge in [-0.2, -0.15) is 0 Å². The van der Waals surface area contributed by atoms with Crippen molar-refractivity contribution >= 4 is 17.9 Å². The van der Waals surface area contributed by atoms with E-state index in [1.807, 2.05) is 18.3 Å². The number of fused-ring (bicyclic) bond motifs is 1. The van der Waals surface area contributed by atoms with Crippen molar-refractivity contribution in [3.63, 3.8) is 0 Å². The fourth-order valence-corrected chi connectivity index (χ4v) is 3.68. The zero-order valence-electron chi connectivity index (χ0n) is 20.1. The minimum absolute atomic E-state index is 0.788. The first-order valence-corrected chi connectivity index (χ1v) is 11.4. The first kappa shape index (κ1) is 28.7. The molecule has 196 valence electrons. The van der Waals surface area contributed by atoms with Crippen LogP contribution >= 0.6 is 0 Å². The fourth-order valence-electron chi connectivity index (χ4n) is 3.68. The first-order valence-electron chi connectivity index (χ1n) is 11.4. The maximum atomic E-state index is 10.3. The molecule has 0 aliphatic carbocycles. The van der Waals surface area contributed by atoms with Crippen LogP contribution in [-0.4, -0.2) is 80.7 Å². The Labute approximate surface area is 208 Å². The molecule has 1 aliphatic heterocycles. The van der Waals surface area contributed by atoms with E-state index in [0.717, 1.165) is 57.1 Å². The number of hydrogen-bond donors (Lipinski definition) is 4. The van der Waals surface area contributed by atoms with Crippen molar-refractivity contribution in [3.05, 3.63) is 59.4 Å². The van der Waals surface area contributed by atoms with Gasteiger partial charge in [-0.1, -0.05) is 18.2 Å². The van der Waals surface area contributed by atoms with E-state index in [2.05, 4.69) is 34.1 Å². The molecule has 0 amide bonds. The molecule has 0 radical (unpaired) electrons. The largest absolute Gasteiger partial charge is 0.493 e. The second-order valence-electron chi connectivity index (χ2n) is 8.40. The highest BCUT2D eigenvalue weighted by Gasteiger charge is 2.40. The molecule has 36 heavy (non-hydrogen) atoms. The van der Waals surface area contributed by atoms with Crippen molar-refractivity contribution < 1.29 is 44.3 Å². The zero-order valence-corrected chi connectivity index (χ0v) is 20.1. The lowest BCUT2D eigenvalue weighted by molar-refractivity contribution is -0.170. The molecule has 0 atom stereocenters. The highest BCUT2D eigenvalue weighted by molar-refractivity contribution is 5.88. The van der Waals surface area contributed by atoms with Gasteiger partial charge in [0.2, 0.25) is 0 Å². The lowest BCUT2D eigenvalue weighted by Gasteiger charge is -2.22. The van der Waals surface area contributed by atoms with Gasteiger partial charge in [0, 0.05) is 46.0 Å².